The van der Waals surface area contributed by atoms with E-state index >= 15 is 0 Å². The van der Waals surface area contributed by atoms with Crippen molar-refractivity contribution in [2.75, 3.05) is 17.4 Å². The summed E-state index contributed by atoms with van der Waals surface area (Å²) in [5.74, 6) is 0. The topological polar surface area (TPSA) is 75.4 Å². The van der Waals surface area contributed by atoms with E-state index in [1.165, 1.54) is 4.31 Å². The molecule has 0 bridgehead atoms. The van der Waals surface area contributed by atoms with E-state index in [4.69, 9.17) is 5.73 Å². The fraction of sp³-hybridized carbons (Fsp3) is 0.538. The molecule has 6 heteroatoms. The van der Waals surface area contributed by atoms with E-state index in [1.54, 1.807) is 12.1 Å². The third kappa shape index (κ3) is 5.18. The van der Waals surface area contributed by atoms with E-state index < -0.39 is 15.7 Å². The van der Waals surface area contributed by atoms with Crippen molar-refractivity contribution in [3.63, 3.8) is 0 Å². The van der Waals surface area contributed by atoms with Gasteiger partial charge in [0.2, 0.25) is 0 Å². The summed E-state index contributed by atoms with van der Waals surface area (Å²) >= 11 is 0. The zero-order chi connectivity index (χ0) is 14.5. The van der Waals surface area contributed by atoms with Crippen molar-refractivity contribution in [2.24, 2.45) is 5.73 Å². The molecule has 0 aliphatic carbocycles. The Morgan fingerprint density at radius 1 is 1.21 bits per heavy atom. The number of rotatable bonds is 6. The summed E-state index contributed by atoms with van der Waals surface area (Å²) in [5.41, 5.74) is 5.61. The van der Waals surface area contributed by atoms with Crippen molar-refractivity contribution in [2.45, 2.75) is 32.7 Å². The lowest BCUT2D eigenvalue weighted by atomic mass is 10.1. The highest BCUT2D eigenvalue weighted by Crippen LogP contribution is 2.18. The molecule has 0 aromatic heterocycles. The quantitative estimate of drug-likeness (QED) is 0.831. The largest absolute Gasteiger partial charge is 0.330 e. The zero-order valence-electron chi connectivity index (χ0n) is 11.8. The van der Waals surface area contributed by atoms with Crippen LogP contribution in [0.3, 0.4) is 0 Å². The van der Waals surface area contributed by atoms with Gasteiger partial charge in [-0.15, -0.1) is 0 Å². The van der Waals surface area contributed by atoms with Crippen LogP contribution < -0.4 is 14.8 Å². The van der Waals surface area contributed by atoms with Crippen LogP contribution in [0.1, 0.15) is 27.2 Å². The summed E-state index contributed by atoms with van der Waals surface area (Å²) in [5, 5.41) is 0. The van der Waals surface area contributed by atoms with Crippen LogP contribution in [0.4, 0.5) is 5.69 Å². The summed E-state index contributed by atoms with van der Waals surface area (Å²) in [7, 11) is -3.58. The Balaban J connectivity index is 3.04. The van der Waals surface area contributed by atoms with Gasteiger partial charge in [0, 0.05) is 12.1 Å². The van der Waals surface area contributed by atoms with Crippen molar-refractivity contribution in [3.05, 3.63) is 30.3 Å². The van der Waals surface area contributed by atoms with E-state index in [1.807, 2.05) is 39.0 Å². The molecule has 1 aromatic rings. The predicted molar refractivity (Wildman–Crippen MR) is 79.3 cm³/mol. The first kappa shape index (κ1) is 15.9. The Bertz CT molecular complexity index is 480. The standard InChI is InChI=1S/C13H23N3O2S/c1-13(2,3)15-19(17,18)16(11-7-10-14)12-8-5-4-6-9-12/h4-6,8-9,15H,7,10-11,14H2,1-3H3. The molecule has 0 radical (unpaired) electrons. The molecular weight excluding hydrogens is 262 g/mol. The summed E-state index contributed by atoms with van der Waals surface area (Å²) in [4.78, 5) is 0. The molecule has 0 saturated heterocycles. The van der Waals surface area contributed by atoms with E-state index in [9.17, 15) is 8.42 Å². The summed E-state index contributed by atoms with van der Waals surface area (Å²) in [6, 6.07) is 9.04. The minimum absolute atomic E-state index is 0.367. The molecule has 0 aliphatic heterocycles. The summed E-state index contributed by atoms with van der Waals surface area (Å²) in [6.07, 6.45) is 0.611. The molecule has 19 heavy (non-hydrogen) atoms. The van der Waals surface area contributed by atoms with Gasteiger partial charge in [0.25, 0.3) is 0 Å². The predicted octanol–water partition coefficient (Wildman–Crippen LogP) is 1.47. The van der Waals surface area contributed by atoms with Crippen LogP contribution in [0.5, 0.6) is 0 Å². The van der Waals surface area contributed by atoms with E-state index in [0.29, 0.717) is 25.2 Å². The molecule has 0 atom stereocenters. The highest BCUT2D eigenvalue weighted by Gasteiger charge is 2.26. The van der Waals surface area contributed by atoms with Gasteiger partial charge >= 0.3 is 10.2 Å². The van der Waals surface area contributed by atoms with Gasteiger partial charge in [0.15, 0.2) is 0 Å². The number of hydrogen-bond acceptors (Lipinski definition) is 3. The second kappa shape index (κ2) is 6.36. The third-order valence-corrected chi connectivity index (χ3v) is 4.18. The van der Waals surface area contributed by atoms with Crippen molar-refractivity contribution in [3.8, 4) is 0 Å². The van der Waals surface area contributed by atoms with Gasteiger partial charge in [-0.25, -0.2) is 0 Å². The van der Waals surface area contributed by atoms with Crippen LogP contribution >= 0.6 is 0 Å². The maximum atomic E-state index is 12.4. The van der Waals surface area contributed by atoms with Gasteiger partial charge in [-0.05, 0) is 45.9 Å². The Morgan fingerprint density at radius 3 is 2.26 bits per heavy atom. The molecule has 0 aliphatic rings. The monoisotopic (exact) mass is 285 g/mol. The maximum Gasteiger partial charge on any atom is 0.302 e. The van der Waals surface area contributed by atoms with Gasteiger partial charge in [-0.3, -0.25) is 4.31 Å². The fourth-order valence-electron chi connectivity index (χ4n) is 1.66. The second-order valence-electron chi connectivity index (χ2n) is 5.41. The van der Waals surface area contributed by atoms with Crippen LogP contribution in [-0.2, 0) is 10.2 Å². The Hall–Kier alpha value is -1.11. The highest BCUT2D eigenvalue weighted by atomic mass is 32.2. The van der Waals surface area contributed by atoms with Gasteiger partial charge in [0.05, 0.1) is 5.69 Å². The van der Waals surface area contributed by atoms with E-state index in [-0.39, 0.29) is 0 Å². The third-order valence-electron chi connectivity index (χ3n) is 2.33. The number of anilines is 1. The zero-order valence-corrected chi connectivity index (χ0v) is 12.6. The summed E-state index contributed by atoms with van der Waals surface area (Å²) in [6.45, 7) is 6.27. The van der Waals surface area contributed by atoms with Crippen molar-refractivity contribution in [1.82, 2.24) is 4.72 Å². The van der Waals surface area contributed by atoms with Crippen molar-refractivity contribution in [1.29, 1.82) is 0 Å². The first-order valence-corrected chi connectivity index (χ1v) is 7.77. The van der Waals surface area contributed by atoms with Gasteiger partial charge in [0.1, 0.15) is 0 Å². The lowest BCUT2D eigenvalue weighted by Gasteiger charge is -2.29. The van der Waals surface area contributed by atoms with Crippen molar-refractivity contribution >= 4 is 15.9 Å². The number of para-hydroxylation sites is 1. The van der Waals surface area contributed by atoms with Crippen LogP contribution in [0, 0.1) is 0 Å². The first-order chi connectivity index (χ1) is 8.76. The van der Waals surface area contributed by atoms with Gasteiger partial charge in [-0.2, -0.15) is 13.1 Å². The highest BCUT2D eigenvalue weighted by molar-refractivity contribution is 7.90. The van der Waals surface area contributed by atoms with Crippen molar-refractivity contribution < 1.29 is 8.42 Å². The maximum absolute atomic E-state index is 12.4. The normalized spacial score (nSPS) is 12.4. The number of hydrogen-bond donors (Lipinski definition) is 2. The first-order valence-electron chi connectivity index (χ1n) is 6.33. The molecule has 0 heterocycles. The molecule has 1 rings (SSSR count). The van der Waals surface area contributed by atoms with Crippen LogP contribution in [0.2, 0.25) is 0 Å². The molecule has 3 N–H and O–H groups in total. The Morgan fingerprint density at radius 2 is 1.79 bits per heavy atom. The molecule has 0 amide bonds. The number of nitrogens with one attached hydrogen (secondary N) is 1. The molecule has 0 fully saturated rings. The Labute approximate surface area is 116 Å². The van der Waals surface area contributed by atoms with Crippen LogP contribution in [0.15, 0.2) is 30.3 Å². The molecule has 0 saturated carbocycles. The molecule has 5 nitrogen and oxygen atoms in total. The van der Waals surface area contributed by atoms with Crippen LogP contribution in [-0.4, -0.2) is 27.0 Å². The fourth-order valence-corrected chi connectivity index (χ4v) is 3.31. The summed E-state index contributed by atoms with van der Waals surface area (Å²) < 4.78 is 28.9. The van der Waals surface area contributed by atoms with Gasteiger partial charge < -0.3 is 5.73 Å². The lowest BCUT2D eigenvalue weighted by Crippen LogP contribution is -2.49. The molecule has 1 aromatic carbocycles. The second-order valence-corrected chi connectivity index (χ2v) is 7.00. The van der Waals surface area contributed by atoms with E-state index in [2.05, 4.69) is 4.72 Å². The average molecular weight is 285 g/mol. The lowest BCUT2D eigenvalue weighted by molar-refractivity contribution is 0.488. The molecule has 108 valence electrons. The smallest absolute Gasteiger partial charge is 0.302 e. The minimum Gasteiger partial charge on any atom is -0.330 e. The van der Waals surface area contributed by atoms with Crippen LogP contribution in [0.25, 0.3) is 0 Å². The average Bonchev–Trinajstić information content (AvgIpc) is 2.27. The number of benzene rings is 1. The SMILES string of the molecule is CC(C)(C)NS(=O)(=O)N(CCCN)c1ccccc1. The molecule has 0 spiro atoms. The molecule has 0 unspecified atom stereocenters. The number of nitrogens with two attached hydrogens (primary N) is 1. The Kier molecular flexibility index (Phi) is 5.34. The molecular formula is C13H23N3O2S. The minimum atomic E-state index is -3.58. The number of nitrogens with zero attached hydrogens (tertiary/aromatic N) is 1. The van der Waals surface area contributed by atoms with Gasteiger partial charge in [-0.1, -0.05) is 18.2 Å². The van der Waals surface area contributed by atoms with E-state index in [0.717, 1.165) is 0 Å².